The van der Waals surface area contributed by atoms with Gasteiger partial charge in [0.05, 0.1) is 25.5 Å². The molecular formula is C12H19N3O. The van der Waals surface area contributed by atoms with Crippen molar-refractivity contribution in [1.82, 2.24) is 14.7 Å². The second-order valence-electron chi connectivity index (χ2n) is 5.47. The Kier molecular flexibility index (Phi) is 2.30. The highest BCUT2D eigenvalue weighted by Crippen LogP contribution is 2.34. The molecule has 4 nitrogen and oxygen atoms in total. The minimum atomic E-state index is 0.307. The van der Waals surface area contributed by atoms with Gasteiger partial charge in [0.2, 0.25) is 0 Å². The van der Waals surface area contributed by atoms with Crippen molar-refractivity contribution in [3.05, 3.63) is 18.0 Å². The highest BCUT2D eigenvalue weighted by atomic mass is 16.5. The van der Waals surface area contributed by atoms with Crippen molar-refractivity contribution in [3.63, 3.8) is 0 Å². The molecule has 1 spiro atoms. The lowest BCUT2D eigenvalue weighted by Crippen LogP contribution is -2.52. The van der Waals surface area contributed by atoms with Crippen LogP contribution in [-0.2, 0) is 17.8 Å². The van der Waals surface area contributed by atoms with Gasteiger partial charge in [-0.1, -0.05) is 0 Å². The summed E-state index contributed by atoms with van der Waals surface area (Å²) in [5, 5.41) is 4.42. The van der Waals surface area contributed by atoms with Crippen molar-refractivity contribution in [3.8, 4) is 0 Å². The molecule has 0 radical (unpaired) electrons. The van der Waals surface area contributed by atoms with Crippen LogP contribution in [0.3, 0.4) is 0 Å². The summed E-state index contributed by atoms with van der Waals surface area (Å²) in [6, 6.07) is 2.72. The molecule has 2 aliphatic heterocycles. The third-order valence-electron chi connectivity index (χ3n) is 3.74. The van der Waals surface area contributed by atoms with Gasteiger partial charge in [0.15, 0.2) is 0 Å². The molecule has 0 saturated carbocycles. The summed E-state index contributed by atoms with van der Waals surface area (Å²) < 4.78 is 7.58. The lowest BCUT2D eigenvalue weighted by atomic mass is 9.85. The summed E-state index contributed by atoms with van der Waals surface area (Å²) in [6.45, 7) is 9.45. The van der Waals surface area contributed by atoms with E-state index in [1.54, 1.807) is 0 Å². The maximum absolute atomic E-state index is 5.42. The third kappa shape index (κ3) is 1.57. The third-order valence-corrected chi connectivity index (χ3v) is 3.74. The Morgan fingerprint density at radius 1 is 1.38 bits per heavy atom. The molecule has 0 atom stereocenters. The molecule has 1 aromatic rings. The van der Waals surface area contributed by atoms with Gasteiger partial charge in [-0.05, 0) is 19.9 Å². The summed E-state index contributed by atoms with van der Waals surface area (Å²) in [5.74, 6) is 0. The van der Waals surface area contributed by atoms with Crippen molar-refractivity contribution in [2.75, 3.05) is 19.8 Å². The fourth-order valence-electron chi connectivity index (χ4n) is 2.64. The number of fused-ring (bicyclic) bond motifs is 1. The van der Waals surface area contributed by atoms with Crippen LogP contribution >= 0.6 is 0 Å². The van der Waals surface area contributed by atoms with Crippen molar-refractivity contribution in [2.45, 2.75) is 33.0 Å². The van der Waals surface area contributed by atoms with Crippen LogP contribution in [0.25, 0.3) is 0 Å². The van der Waals surface area contributed by atoms with Gasteiger partial charge in [-0.3, -0.25) is 9.58 Å². The van der Waals surface area contributed by atoms with Gasteiger partial charge < -0.3 is 4.74 Å². The van der Waals surface area contributed by atoms with Crippen molar-refractivity contribution >= 4 is 0 Å². The Morgan fingerprint density at radius 2 is 2.19 bits per heavy atom. The molecule has 1 fully saturated rings. The van der Waals surface area contributed by atoms with Crippen LogP contribution in [0, 0.1) is 5.41 Å². The van der Waals surface area contributed by atoms with E-state index in [9.17, 15) is 0 Å². The van der Waals surface area contributed by atoms with Crippen LogP contribution in [0.4, 0.5) is 0 Å². The van der Waals surface area contributed by atoms with E-state index in [2.05, 4.69) is 34.6 Å². The quantitative estimate of drug-likeness (QED) is 0.712. The fraction of sp³-hybridized carbons (Fsp3) is 0.750. The summed E-state index contributed by atoms with van der Waals surface area (Å²) >= 11 is 0. The van der Waals surface area contributed by atoms with E-state index in [-0.39, 0.29) is 0 Å². The van der Waals surface area contributed by atoms with Gasteiger partial charge in [0.25, 0.3) is 0 Å². The lowest BCUT2D eigenvalue weighted by molar-refractivity contribution is -0.135. The maximum atomic E-state index is 5.42. The number of hydrogen-bond donors (Lipinski definition) is 0. The number of rotatable bonds is 1. The molecule has 0 aliphatic carbocycles. The van der Waals surface area contributed by atoms with Crippen LogP contribution in [0.5, 0.6) is 0 Å². The second kappa shape index (κ2) is 3.57. The summed E-state index contributed by atoms with van der Waals surface area (Å²) in [7, 11) is 0. The topological polar surface area (TPSA) is 30.3 Å². The Bertz CT molecular complexity index is 381. The van der Waals surface area contributed by atoms with E-state index in [0.29, 0.717) is 11.5 Å². The molecule has 88 valence electrons. The molecular weight excluding hydrogens is 202 g/mol. The van der Waals surface area contributed by atoms with Crippen LogP contribution in [0.15, 0.2) is 12.3 Å². The zero-order chi connectivity index (χ0) is 11.2. The van der Waals surface area contributed by atoms with Crippen molar-refractivity contribution in [1.29, 1.82) is 0 Å². The zero-order valence-corrected chi connectivity index (χ0v) is 10.0. The minimum absolute atomic E-state index is 0.307. The van der Waals surface area contributed by atoms with Gasteiger partial charge in [-0.2, -0.15) is 5.10 Å². The SMILES string of the molecule is CC(C)N1Cc2ccnn2CC2(COC2)C1. The largest absolute Gasteiger partial charge is 0.380 e. The number of nitrogens with zero attached hydrogens (tertiary/aromatic N) is 3. The average molecular weight is 221 g/mol. The van der Waals surface area contributed by atoms with Gasteiger partial charge in [-0.25, -0.2) is 0 Å². The lowest BCUT2D eigenvalue weighted by Gasteiger charge is -2.43. The molecule has 3 heterocycles. The molecule has 0 unspecified atom stereocenters. The molecule has 0 aromatic carbocycles. The monoisotopic (exact) mass is 221 g/mol. The van der Waals surface area contributed by atoms with E-state index in [1.807, 2.05) is 6.20 Å². The Morgan fingerprint density at radius 3 is 2.81 bits per heavy atom. The zero-order valence-electron chi connectivity index (χ0n) is 10.0. The summed E-state index contributed by atoms with van der Waals surface area (Å²) in [4.78, 5) is 2.53. The number of hydrogen-bond acceptors (Lipinski definition) is 3. The van der Waals surface area contributed by atoms with Gasteiger partial charge in [-0.15, -0.1) is 0 Å². The van der Waals surface area contributed by atoms with Gasteiger partial charge >= 0.3 is 0 Å². The fourth-order valence-corrected chi connectivity index (χ4v) is 2.64. The van der Waals surface area contributed by atoms with Crippen LogP contribution in [0.2, 0.25) is 0 Å². The highest BCUT2D eigenvalue weighted by molar-refractivity contribution is 5.05. The Balaban J connectivity index is 1.92. The number of ether oxygens (including phenoxy) is 1. The molecule has 0 N–H and O–H groups in total. The van der Waals surface area contributed by atoms with E-state index in [0.717, 1.165) is 32.8 Å². The van der Waals surface area contributed by atoms with E-state index in [4.69, 9.17) is 4.74 Å². The van der Waals surface area contributed by atoms with Crippen LogP contribution in [-0.4, -0.2) is 40.5 Å². The van der Waals surface area contributed by atoms with E-state index < -0.39 is 0 Å². The van der Waals surface area contributed by atoms with E-state index in [1.165, 1.54) is 5.69 Å². The molecule has 0 amide bonds. The van der Waals surface area contributed by atoms with Gasteiger partial charge in [0, 0.05) is 30.7 Å². The van der Waals surface area contributed by atoms with Crippen molar-refractivity contribution in [2.24, 2.45) is 5.41 Å². The smallest absolute Gasteiger partial charge is 0.0575 e. The predicted octanol–water partition coefficient (Wildman–Crippen LogP) is 1.12. The first kappa shape index (κ1) is 10.3. The first-order chi connectivity index (χ1) is 7.69. The van der Waals surface area contributed by atoms with E-state index >= 15 is 0 Å². The molecule has 2 aliphatic rings. The standard InChI is InChI=1S/C12H19N3O/c1-10(2)14-5-11-3-4-13-15(11)7-12(6-14)8-16-9-12/h3-4,10H,5-9H2,1-2H3. The Labute approximate surface area is 96.2 Å². The second-order valence-corrected chi connectivity index (χ2v) is 5.47. The molecule has 1 saturated heterocycles. The first-order valence-corrected chi connectivity index (χ1v) is 6.01. The highest BCUT2D eigenvalue weighted by Gasteiger charge is 2.43. The van der Waals surface area contributed by atoms with Gasteiger partial charge in [0.1, 0.15) is 0 Å². The Hall–Kier alpha value is -0.870. The number of aromatic nitrogens is 2. The summed E-state index contributed by atoms with van der Waals surface area (Å²) in [5.41, 5.74) is 1.64. The minimum Gasteiger partial charge on any atom is -0.380 e. The predicted molar refractivity (Wildman–Crippen MR) is 61.0 cm³/mol. The molecule has 3 rings (SSSR count). The molecule has 16 heavy (non-hydrogen) atoms. The maximum Gasteiger partial charge on any atom is 0.0575 e. The molecule has 1 aromatic heterocycles. The first-order valence-electron chi connectivity index (χ1n) is 6.01. The summed E-state index contributed by atoms with van der Waals surface area (Å²) in [6.07, 6.45) is 1.91. The van der Waals surface area contributed by atoms with Crippen molar-refractivity contribution < 1.29 is 4.74 Å². The average Bonchev–Trinajstić information content (AvgIpc) is 2.53. The normalized spacial score (nSPS) is 24.2. The molecule has 0 bridgehead atoms. The van der Waals surface area contributed by atoms with Crippen LogP contribution in [0.1, 0.15) is 19.5 Å². The van der Waals surface area contributed by atoms with Crippen LogP contribution < -0.4 is 0 Å². The molecule has 4 heteroatoms.